The molecular formula is C53H43ClN4O10S2. The van der Waals surface area contributed by atoms with Crippen molar-refractivity contribution in [1.29, 1.82) is 0 Å². The first-order valence-electron chi connectivity index (χ1n) is 21.5. The van der Waals surface area contributed by atoms with Gasteiger partial charge in [0.05, 0.1) is 26.5 Å². The summed E-state index contributed by atoms with van der Waals surface area (Å²) in [5.74, 6) is -0.643. The summed E-state index contributed by atoms with van der Waals surface area (Å²) in [5.41, 5.74) is 6.89. The Morgan fingerprint density at radius 1 is 0.529 bits per heavy atom. The molecule has 0 atom stereocenters. The van der Waals surface area contributed by atoms with E-state index in [0.717, 1.165) is 42.7 Å². The van der Waals surface area contributed by atoms with Crippen LogP contribution in [0.2, 0.25) is 0 Å². The van der Waals surface area contributed by atoms with E-state index in [0.29, 0.717) is 46.8 Å². The molecule has 10 rings (SSSR count). The van der Waals surface area contributed by atoms with Crippen LogP contribution < -0.4 is 20.1 Å². The number of ether oxygens (including phenoxy) is 2. The summed E-state index contributed by atoms with van der Waals surface area (Å²) in [6, 6.07) is 43.2. The Bertz CT molecular complexity index is 3620. The predicted molar refractivity (Wildman–Crippen MR) is 267 cm³/mol. The van der Waals surface area contributed by atoms with E-state index in [1.54, 1.807) is 54.6 Å². The Kier molecular flexibility index (Phi) is 14.0. The molecule has 0 aliphatic carbocycles. The molecule has 2 aromatic heterocycles. The number of amides is 4. The van der Waals surface area contributed by atoms with Crippen molar-refractivity contribution in [2.75, 3.05) is 0 Å². The SMILES string of the molecule is Cc1ccc(S(=O)(=O)Cl)cc1.Cc1ccc(S(=O)(=O)n2cc(C3=CC(=O)NC3=O)c3cc(OCc4ccccc4)ccc32)cc1.Cn1cc(C2=CC(=O)NC2=O)c2cc(OCc3ccccc3)ccc21. The molecule has 17 heteroatoms. The van der Waals surface area contributed by atoms with E-state index in [1.807, 2.05) is 111 Å². The zero-order chi connectivity index (χ0) is 49.7. The zero-order valence-corrected chi connectivity index (χ0v) is 40.1. The number of halogens is 1. The van der Waals surface area contributed by atoms with Gasteiger partial charge in [0.2, 0.25) is 0 Å². The maximum Gasteiger partial charge on any atom is 0.268 e. The second-order valence-corrected chi connectivity index (χ2v) is 20.6. The molecule has 2 N–H and O–H groups in total. The van der Waals surface area contributed by atoms with Crippen molar-refractivity contribution < 1.29 is 45.5 Å². The van der Waals surface area contributed by atoms with Crippen LogP contribution in [-0.4, -0.2) is 49.0 Å². The number of carbonyl (C=O) groups is 4. The molecule has 2 aliphatic rings. The molecule has 0 bridgehead atoms. The number of hydrogen-bond acceptors (Lipinski definition) is 10. The lowest BCUT2D eigenvalue weighted by atomic mass is 10.1. The normalized spacial score (nSPS) is 13.4. The number of aromatic nitrogens is 2. The Morgan fingerprint density at radius 2 is 0.957 bits per heavy atom. The van der Waals surface area contributed by atoms with Gasteiger partial charge in [0.1, 0.15) is 24.7 Å². The van der Waals surface area contributed by atoms with Crippen LogP contribution in [-0.2, 0) is 58.5 Å². The topological polar surface area (TPSA) is 189 Å². The molecule has 0 radical (unpaired) electrons. The minimum absolute atomic E-state index is 0.105. The molecule has 70 heavy (non-hydrogen) atoms. The highest BCUT2D eigenvalue weighted by molar-refractivity contribution is 8.13. The van der Waals surface area contributed by atoms with Crippen LogP contribution in [0.1, 0.15) is 33.4 Å². The van der Waals surface area contributed by atoms with Gasteiger partial charge in [0, 0.05) is 69.7 Å². The Morgan fingerprint density at radius 3 is 1.40 bits per heavy atom. The molecule has 2 aliphatic heterocycles. The van der Waals surface area contributed by atoms with E-state index in [4.69, 9.17) is 20.2 Å². The Labute approximate surface area is 407 Å². The van der Waals surface area contributed by atoms with Gasteiger partial charge in [0.15, 0.2) is 0 Å². The molecule has 0 unspecified atom stereocenters. The van der Waals surface area contributed by atoms with Crippen molar-refractivity contribution >= 4 is 86.3 Å². The average molecular weight is 996 g/mol. The van der Waals surface area contributed by atoms with Crippen LogP contribution in [0.25, 0.3) is 33.0 Å². The number of carbonyl (C=O) groups excluding carboxylic acids is 4. The van der Waals surface area contributed by atoms with Gasteiger partial charge in [-0.25, -0.2) is 20.8 Å². The molecule has 0 saturated heterocycles. The molecule has 14 nitrogen and oxygen atoms in total. The molecular weight excluding hydrogens is 952 g/mol. The van der Waals surface area contributed by atoms with Gasteiger partial charge in [-0.05, 0) is 85.6 Å². The Hall–Kier alpha value is -8.05. The first-order chi connectivity index (χ1) is 33.4. The van der Waals surface area contributed by atoms with Crippen LogP contribution in [0.3, 0.4) is 0 Å². The van der Waals surface area contributed by atoms with Crippen molar-refractivity contribution in [2.24, 2.45) is 7.05 Å². The van der Waals surface area contributed by atoms with Gasteiger partial charge in [-0.15, -0.1) is 0 Å². The largest absolute Gasteiger partial charge is 0.489 e. The summed E-state index contributed by atoms with van der Waals surface area (Å²) in [6.45, 7) is 4.55. The highest BCUT2D eigenvalue weighted by Crippen LogP contribution is 2.35. The van der Waals surface area contributed by atoms with Crippen LogP contribution in [0.4, 0.5) is 0 Å². The molecule has 8 aromatic rings. The summed E-state index contributed by atoms with van der Waals surface area (Å²) < 4.78 is 63.2. The molecule has 4 heterocycles. The van der Waals surface area contributed by atoms with Gasteiger partial charge in [-0.1, -0.05) is 96.1 Å². The van der Waals surface area contributed by atoms with Gasteiger partial charge < -0.3 is 14.0 Å². The molecule has 4 amide bonds. The van der Waals surface area contributed by atoms with Gasteiger partial charge in [0.25, 0.3) is 42.7 Å². The van der Waals surface area contributed by atoms with Crippen LogP contribution in [0.5, 0.6) is 11.5 Å². The second kappa shape index (κ2) is 20.3. The van der Waals surface area contributed by atoms with E-state index >= 15 is 0 Å². The van der Waals surface area contributed by atoms with Crippen molar-refractivity contribution in [3.05, 3.63) is 204 Å². The lowest BCUT2D eigenvalue weighted by molar-refractivity contribution is -0.124. The zero-order valence-electron chi connectivity index (χ0n) is 37.8. The number of nitrogens with zero attached hydrogens (tertiary/aromatic N) is 2. The maximum absolute atomic E-state index is 13.5. The van der Waals surface area contributed by atoms with E-state index in [-0.39, 0.29) is 27.2 Å². The summed E-state index contributed by atoms with van der Waals surface area (Å²) >= 11 is 0. The number of benzene rings is 6. The quantitative estimate of drug-likeness (QED) is 0.0939. The third kappa shape index (κ3) is 10.9. The number of imide groups is 2. The molecule has 0 spiro atoms. The van der Waals surface area contributed by atoms with Crippen molar-refractivity contribution in [2.45, 2.75) is 36.9 Å². The van der Waals surface area contributed by atoms with E-state index in [9.17, 15) is 36.0 Å². The summed E-state index contributed by atoms with van der Waals surface area (Å²) in [7, 11) is -0.514. The smallest absolute Gasteiger partial charge is 0.268 e. The predicted octanol–water partition coefficient (Wildman–Crippen LogP) is 8.53. The molecule has 0 fully saturated rings. The number of hydrogen-bond donors (Lipinski definition) is 2. The second-order valence-electron chi connectivity index (χ2n) is 16.2. The average Bonchev–Trinajstić information content (AvgIpc) is 4.09. The Balaban J connectivity index is 0.000000159. The lowest BCUT2D eigenvalue weighted by Gasteiger charge is -2.09. The summed E-state index contributed by atoms with van der Waals surface area (Å²) in [4.78, 5) is 47.9. The van der Waals surface area contributed by atoms with Crippen molar-refractivity contribution in [3.8, 4) is 11.5 Å². The third-order valence-corrected chi connectivity index (χ3v) is 14.2. The number of fused-ring (bicyclic) bond motifs is 2. The van der Waals surface area contributed by atoms with Crippen molar-refractivity contribution in [3.63, 3.8) is 0 Å². The highest BCUT2D eigenvalue weighted by atomic mass is 35.7. The monoisotopic (exact) mass is 994 g/mol. The van der Waals surface area contributed by atoms with E-state index in [1.165, 1.54) is 30.5 Å². The standard InChI is InChI=1S/C26H20N2O5S.C20H16N2O3.C7H7ClO2S/c1-17-7-10-20(11-8-17)34(31,32)28-15-23(22-14-25(29)27-26(22)30)21-13-19(9-12-24(21)28)33-16-18-5-3-2-4-6-18;1-22-11-17(16-10-19(23)21-20(16)24)15-9-14(7-8-18(15)22)25-12-13-5-3-2-4-6-13;1-6-2-4-7(5-3-6)11(8,9)10/h2-15H,16H2,1H3,(H,27,29,30);2-11H,12H2,1H3,(H,21,23,24);2-5H,1H3. The molecule has 0 saturated carbocycles. The fourth-order valence-electron chi connectivity index (χ4n) is 7.59. The number of nitrogens with one attached hydrogen (secondary N) is 2. The minimum Gasteiger partial charge on any atom is -0.489 e. The maximum atomic E-state index is 13.5. The molecule has 354 valence electrons. The van der Waals surface area contributed by atoms with Gasteiger partial charge in [-0.3, -0.25) is 29.8 Å². The summed E-state index contributed by atoms with van der Waals surface area (Å²) in [6.07, 6.45) is 5.76. The number of aryl methyl sites for hydroxylation is 3. The first kappa shape index (κ1) is 48.4. The van der Waals surface area contributed by atoms with E-state index in [2.05, 4.69) is 10.6 Å². The summed E-state index contributed by atoms with van der Waals surface area (Å²) in [5, 5.41) is 5.87. The lowest BCUT2D eigenvalue weighted by Crippen LogP contribution is -2.21. The van der Waals surface area contributed by atoms with Crippen LogP contribution in [0.15, 0.2) is 180 Å². The van der Waals surface area contributed by atoms with Gasteiger partial charge in [-0.2, -0.15) is 0 Å². The highest BCUT2D eigenvalue weighted by Gasteiger charge is 2.29. The number of rotatable bonds is 11. The van der Waals surface area contributed by atoms with Crippen molar-refractivity contribution in [1.82, 2.24) is 19.2 Å². The van der Waals surface area contributed by atoms with E-state index < -0.39 is 30.9 Å². The fourth-order valence-corrected chi connectivity index (χ4v) is 9.73. The van der Waals surface area contributed by atoms with Gasteiger partial charge >= 0.3 is 0 Å². The first-order valence-corrected chi connectivity index (χ1v) is 25.3. The minimum atomic E-state index is -3.96. The third-order valence-electron chi connectivity index (χ3n) is 11.2. The fraction of sp³-hybridized carbons (Fsp3) is 0.0943. The molecule has 6 aromatic carbocycles. The van der Waals surface area contributed by atoms with Crippen LogP contribution in [0, 0.1) is 13.8 Å². The van der Waals surface area contributed by atoms with Crippen LogP contribution >= 0.6 is 10.7 Å².